The van der Waals surface area contributed by atoms with Gasteiger partial charge in [0.1, 0.15) is 6.04 Å². The van der Waals surface area contributed by atoms with Gasteiger partial charge in [-0.2, -0.15) is 0 Å². The number of esters is 1. The van der Waals surface area contributed by atoms with E-state index in [1.165, 1.54) is 0 Å². The minimum atomic E-state index is -1.07. The molecule has 31 heavy (non-hydrogen) atoms. The summed E-state index contributed by atoms with van der Waals surface area (Å²) in [6.07, 6.45) is 1.68. The van der Waals surface area contributed by atoms with E-state index in [1.807, 2.05) is 39.0 Å². The lowest BCUT2D eigenvalue weighted by atomic mass is 10.1. The Morgan fingerprint density at radius 3 is 2.10 bits per heavy atom. The second kappa shape index (κ2) is 9.55. The minimum Gasteiger partial charge on any atom is -0.454 e. The molecule has 162 valence electrons. The fraction of sp³-hybridized carbons (Fsp3) is 0.333. The molecule has 1 atom stereocenters. The van der Waals surface area contributed by atoms with Crippen LogP contribution in [0.25, 0.3) is 0 Å². The summed E-state index contributed by atoms with van der Waals surface area (Å²) in [5, 5.41) is 2.75. The Morgan fingerprint density at radius 2 is 1.55 bits per heavy atom. The molecule has 1 aliphatic heterocycles. The van der Waals surface area contributed by atoms with E-state index >= 15 is 0 Å². The summed E-state index contributed by atoms with van der Waals surface area (Å²) in [7, 11) is 0. The third kappa shape index (κ3) is 4.66. The second-order valence-electron chi connectivity index (χ2n) is 7.61. The number of carbonyl (C=O) groups is 4. The van der Waals surface area contributed by atoms with E-state index in [0.717, 1.165) is 22.4 Å². The topological polar surface area (TPSA) is 92.8 Å². The zero-order valence-corrected chi connectivity index (χ0v) is 17.9. The fourth-order valence-electron chi connectivity index (χ4n) is 3.66. The van der Waals surface area contributed by atoms with Gasteiger partial charge in [-0.25, -0.2) is 4.79 Å². The summed E-state index contributed by atoms with van der Waals surface area (Å²) < 4.78 is 5.23. The molecule has 0 bridgehead atoms. The van der Waals surface area contributed by atoms with Crippen LogP contribution in [0.5, 0.6) is 0 Å². The Balaban J connectivity index is 1.70. The quantitative estimate of drug-likeness (QED) is 0.518. The summed E-state index contributed by atoms with van der Waals surface area (Å²) in [6.45, 7) is 5.19. The van der Waals surface area contributed by atoms with Crippen LogP contribution in [0.1, 0.15) is 58.0 Å². The van der Waals surface area contributed by atoms with Gasteiger partial charge in [0.2, 0.25) is 0 Å². The molecule has 1 aliphatic rings. The molecule has 7 nitrogen and oxygen atoms in total. The third-order valence-electron chi connectivity index (χ3n) is 5.33. The molecule has 0 saturated heterocycles. The summed E-state index contributed by atoms with van der Waals surface area (Å²) >= 11 is 0. The zero-order chi connectivity index (χ0) is 22.5. The molecule has 1 N–H and O–H groups in total. The number of rotatable bonds is 8. The number of ether oxygens (including phenoxy) is 1. The number of nitrogens with one attached hydrogen (secondary N) is 1. The van der Waals surface area contributed by atoms with E-state index in [-0.39, 0.29) is 17.5 Å². The number of para-hydroxylation sites is 1. The van der Waals surface area contributed by atoms with Crippen LogP contribution in [-0.4, -0.2) is 41.2 Å². The lowest BCUT2D eigenvalue weighted by Crippen LogP contribution is -2.46. The summed E-state index contributed by atoms with van der Waals surface area (Å²) in [5.41, 5.74) is 3.01. The molecular formula is C24H26N2O5. The summed E-state index contributed by atoms with van der Waals surface area (Å²) in [4.78, 5) is 51.7. The number of carbonyl (C=O) groups excluding carboxylic acids is 4. The first kappa shape index (κ1) is 22.2. The molecule has 0 unspecified atom stereocenters. The highest BCUT2D eigenvalue weighted by atomic mass is 16.5. The van der Waals surface area contributed by atoms with Gasteiger partial charge < -0.3 is 10.1 Å². The van der Waals surface area contributed by atoms with Crippen molar-refractivity contribution in [2.75, 3.05) is 11.9 Å². The molecule has 0 aliphatic carbocycles. The first-order chi connectivity index (χ1) is 14.8. The molecular weight excluding hydrogens is 396 g/mol. The maximum absolute atomic E-state index is 12.8. The molecule has 3 rings (SSSR count). The van der Waals surface area contributed by atoms with Crippen LogP contribution in [0.2, 0.25) is 0 Å². The van der Waals surface area contributed by atoms with Crippen molar-refractivity contribution in [1.82, 2.24) is 4.90 Å². The standard InChI is InChI=1S/C24H26N2O5/c1-4-5-13-19(26-22(28)17-11-6-7-12-18(17)23(26)29)24(30)31-14-20(27)25-21-15(2)9-8-10-16(21)3/h6-12,19H,4-5,13-14H2,1-3H3,(H,25,27)/t19-/m1/s1. The highest BCUT2D eigenvalue weighted by Gasteiger charge is 2.43. The molecule has 0 fully saturated rings. The van der Waals surface area contributed by atoms with Crippen molar-refractivity contribution >= 4 is 29.4 Å². The number of benzene rings is 2. The van der Waals surface area contributed by atoms with Crippen LogP contribution in [0, 0.1) is 13.8 Å². The second-order valence-corrected chi connectivity index (χ2v) is 7.61. The molecule has 0 aromatic heterocycles. The minimum absolute atomic E-state index is 0.273. The van der Waals surface area contributed by atoms with Gasteiger partial charge in [0.15, 0.2) is 6.61 Å². The van der Waals surface area contributed by atoms with Gasteiger partial charge in [-0.1, -0.05) is 50.1 Å². The molecule has 1 heterocycles. The Morgan fingerprint density at radius 1 is 0.968 bits per heavy atom. The van der Waals surface area contributed by atoms with Crippen molar-refractivity contribution in [3.63, 3.8) is 0 Å². The SMILES string of the molecule is CCCC[C@H](C(=O)OCC(=O)Nc1c(C)cccc1C)N1C(=O)c2ccccc2C1=O. The van der Waals surface area contributed by atoms with E-state index in [9.17, 15) is 19.2 Å². The largest absolute Gasteiger partial charge is 0.454 e. The lowest BCUT2D eigenvalue weighted by molar-refractivity contribution is -0.151. The van der Waals surface area contributed by atoms with Crippen molar-refractivity contribution in [3.8, 4) is 0 Å². The van der Waals surface area contributed by atoms with Crippen LogP contribution in [0.15, 0.2) is 42.5 Å². The van der Waals surface area contributed by atoms with E-state index in [1.54, 1.807) is 24.3 Å². The predicted octanol–water partition coefficient (Wildman–Crippen LogP) is 3.64. The number of unbranched alkanes of at least 4 members (excludes halogenated alkanes) is 1. The number of fused-ring (bicyclic) bond motifs is 1. The number of aryl methyl sites for hydroxylation is 2. The monoisotopic (exact) mass is 422 g/mol. The van der Waals surface area contributed by atoms with Gasteiger partial charge in [0.05, 0.1) is 11.1 Å². The molecule has 2 aromatic carbocycles. The van der Waals surface area contributed by atoms with E-state index < -0.39 is 36.3 Å². The van der Waals surface area contributed by atoms with Gasteiger partial charge >= 0.3 is 5.97 Å². The molecule has 0 spiro atoms. The van der Waals surface area contributed by atoms with Crippen molar-refractivity contribution in [2.45, 2.75) is 46.1 Å². The molecule has 2 aromatic rings. The van der Waals surface area contributed by atoms with Gasteiger partial charge in [-0.05, 0) is 43.5 Å². The van der Waals surface area contributed by atoms with Crippen LogP contribution in [0.3, 0.4) is 0 Å². The van der Waals surface area contributed by atoms with E-state index in [4.69, 9.17) is 4.74 Å². The maximum Gasteiger partial charge on any atom is 0.329 e. The maximum atomic E-state index is 12.8. The van der Waals surface area contributed by atoms with Crippen LogP contribution < -0.4 is 5.32 Å². The van der Waals surface area contributed by atoms with Crippen molar-refractivity contribution in [1.29, 1.82) is 0 Å². The van der Waals surface area contributed by atoms with Gasteiger partial charge in [0, 0.05) is 5.69 Å². The number of amides is 3. The Bertz CT molecular complexity index is 975. The number of nitrogens with zero attached hydrogens (tertiary/aromatic N) is 1. The lowest BCUT2D eigenvalue weighted by Gasteiger charge is -2.24. The summed E-state index contributed by atoms with van der Waals surface area (Å²) in [6, 6.07) is 11.0. The first-order valence-electron chi connectivity index (χ1n) is 10.3. The van der Waals surface area contributed by atoms with Crippen molar-refractivity contribution in [3.05, 3.63) is 64.7 Å². The Kier molecular flexibility index (Phi) is 6.84. The average molecular weight is 422 g/mol. The third-order valence-corrected chi connectivity index (χ3v) is 5.33. The van der Waals surface area contributed by atoms with Gasteiger partial charge in [0.25, 0.3) is 17.7 Å². The molecule has 7 heteroatoms. The highest BCUT2D eigenvalue weighted by molar-refractivity contribution is 6.22. The smallest absolute Gasteiger partial charge is 0.329 e. The van der Waals surface area contributed by atoms with E-state index in [0.29, 0.717) is 12.1 Å². The number of hydrogen-bond donors (Lipinski definition) is 1. The predicted molar refractivity (Wildman–Crippen MR) is 116 cm³/mol. The van der Waals surface area contributed by atoms with E-state index in [2.05, 4.69) is 5.32 Å². The van der Waals surface area contributed by atoms with Crippen LogP contribution in [0.4, 0.5) is 5.69 Å². The number of imide groups is 1. The normalized spacial score (nSPS) is 13.7. The highest BCUT2D eigenvalue weighted by Crippen LogP contribution is 2.27. The van der Waals surface area contributed by atoms with Crippen LogP contribution >= 0.6 is 0 Å². The first-order valence-corrected chi connectivity index (χ1v) is 10.3. The van der Waals surface area contributed by atoms with Gasteiger partial charge in [-0.3, -0.25) is 19.3 Å². The molecule has 0 saturated carbocycles. The number of anilines is 1. The average Bonchev–Trinajstić information content (AvgIpc) is 3.00. The Hall–Kier alpha value is -3.48. The molecule has 3 amide bonds. The number of hydrogen-bond acceptors (Lipinski definition) is 5. The van der Waals surface area contributed by atoms with Crippen molar-refractivity contribution < 1.29 is 23.9 Å². The zero-order valence-electron chi connectivity index (χ0n) is 17.9. The molecule has 0 radical (unpaired) electrons. The van der Waals surface area contributed by atoms with Crippen molar-refractivity contribution in [2.24, 2.45) is 0 Å². The fourth-order valence-corrected chi connectivity index (χ4v) is 3.66. The summed E-state index contributed by atoms with van der Waals surface area (Å²) in [5.74, 6) is -2.28. The Labute approximate surface area is 181 Å². The van der Waals surface area contributed by atoms with Crippen LogP contribution in [-0.2, 0) is 14.3 Å². The van der Waals surface area contributed by atoms with Gasteiger partial charge in [-0.15, -0.1) is 0 Å².